The normalized spacial score (nSPS) is 14.0. The van der Waals surface area contributed by atoms with Crippen molar-refractivity contribution in [1.82, 2.24) is 14.7 Å². The average Bonchev–Trinajstić information content (AvgIpc) is 3.08. The predicted octanol–water partition coefficient (Wildman–Crippen LogP) is 5.07. The molecule has 0 unspecified atom stereocenters. The average molecular weight is 427 g/mol. The third kappa shape index (κ3) is 4.32. The molecule has 3 aromatic rings. The largest absolute Gasteiger partial charge is 0.454 e. The molecule has 2 heterocycles. The molecule has 2 N–H and O–H groups in total. The van der Waals surface area contributed by atoms with Gasteiger partial charge in [0.1, 0.15) is 17.9 Å². The van der Waals surface area contributed by atoms with E-state index in [-0.39, 0.29) is 10.6 Å². The summed E-state index contributed by atoms with van der Waals surface area (Å²) < 4.78 is 41.0. The van der Waals surface area contributed by atoms with Gasteiger partial charge in [-0.15, -0.1) is 0 Å². The van der Waals surface area contributed by atoms with E-state index >= 15 is 0 Å². The fraction of sp³-hybridized carbons (Fsp3) is 0.176. The molecule has 0 radical (unpaired) electrons. The van der Waals surface area contributed by atoms with E-state index in [1.165, 1.54) is 6.33 Å². The summed E-state index contributed by atoms with van der Waals surface area (Å²) >= 11 is 8.17. The second-order valence-corrected chi connectivity index (χ2v) is 7.91. The number of anilines is 1. The Labute approximate surface area is 167 Å². The number of aromatic nitrogens is 2. The number of hydrogen-bond acceptors (Lipinski definition) is 7. The van der Waals surface area contributed by atoms with E-state index in [4.69, 9.17) is 16.3 Å². The summed E-state index contributed by atoms with van der Waals surface area (Å²) in [5.41, 5.74) is 1.01. The van der Waals surface area contributed by atoms with E-state index in [1.54, 1.807) is 12.1 Å². The van der Waals surface area contributed by atoms with Crippen LogP contribution in [0.25, 0.3) is 0 Å². The lowest BCUT2D eigenvalue weighted by atomic mass is 9.94. The monoisotopic (exact) mass is 426 g/mol. The van der Waals surface area contributed by atoms with Crippen LogP contribution in [-0.2, 0) is 0 Å². The van der Waals surface area contributed by atoms with Gasteiger partial charge < -0.3 is 14.8 Å². The van der Waals surface area contributed by atoms with E-state index in [9.17, 15) is 8.78 Å². The van der Waals surface area contributed by atoms with Gasteiger partial charge in [0, 0.05) is 41.6 Å². The number of ether oxygens (including phenoxy) is 1. The second-order valence-electron chi connectivity index (χ2n) is 5.84. The fourth-order valence-corrected chi connectivity index (χ4v) is 3.88. The molecule has 0 spiro atoms. The van der Waals surface area contributed by atoms with E-state index in [1.807, 2.05) is 6.07 Å². The highest BCUT2D eigenvalue weighted by Gasteiger charge is 2.20. The Balaban J connectivity index is 1.52. The smallest absolute Gasteiger partial charge is 0.212 e. The second kappa shape index (κ2) is 7.97. The first-order valence-corrected chi connectivity index (χ1v) is 9.93. The molecule has 27 heavy (non-hydrogen) atoms. The van der Waals surface area contributed by atoms with Gasteiger partial charge in [0.05, 0.1) is 4.90 Å². The van der Waals surface area contributed by atoms with Gasteiger partial charge in [-0.25, -0.2) is 13.8 Å². The molecule has 10 heteroatoms. The summed E-state index contributed by atoms with van der Waals surface area (Å²) in [6.45, 7) is 1.71. The maximum absolute atomic E-state index is 14.4. The number of halogens is 3. The van der Waals surface area contributed by atoms with Crippen LogP contribution in [0.3, 0.4) is 0 Å². The summed E-state index contributed by atoms with van der Waals surface area (Å²) in [7, 11) is 0. The van der Waals surface area contributed by atoms with Crippen LogP contribution in [0, 0.1) is 11.6 Å². The van der Waals surface area contributed by atoms with Crippen molar-refractivity contribution in [3.8, 4) is 11.5 Å². The van der Waals surface area contributed by atoms with Crippen LogP contribution >= 0.6 is 35.1 Å². The zero-order valence-electron chi connectivity index (χ0n) is 13.7. The van der Waals surface area contributed by atoms with Gasteiger partial charge in [0.15, 0.2) is 11.6 Å². The number of nitrogens with one attached hydrogen (secondary N) is 2. The highest BCUT2D eigenvalue weighted by atomic mass is 35.5. The third-order valence-corrected chi connectivity index (χ3v) is 5.73. The quantitative estimate of drug-likeness (QED) is 0.537. The van der Waals surface area contributed by atoms with Crippen LogP contribution in [0.4, 0.5) is 13.9 Å². The standard InChI is InChI=1S/C17H13ClF2N4OS2/c18-11-1-9(10-6-21-7-10)2-12(3-11)25-15-4-14(20)16(5-13(15)19)26-24-17-22-8-23-27-17/h1-5,8,10,21H,6-7H2,(H,22,23,24). The minimum atomic E-state index is -0.676. The highest BCUT2D eigenvalue weighted by Crippen LogP contribution is 2.34. The van der Waals surface area contributed by atoms with E-state index < -0.39 is 11.6 Å². The Bertz CT molecular complexity index is 954. The lowest BCUT2D eigenvalue weighted by molar-refractivity contribution is 0.426. The number of benzene rings is 2. The highest BCUT2D eigenvalue weighted by molar-refractivity contribution is 8.00. The molecule has 1 saturated heterocycles. The Morgan fingerprint density at radius 1 is 1.19 bits per heavy atom. The van der Waals surface area contributed by atoms with Crippen molar-refractivity contribution in [1.29, 1.82) is 0 Å². The topological polar surface area (TPSA) is 59.1 Å². The first-order chi connectivity index (χ1) is 13.1. The molecule has 0 bridgehead atoms. The van der Waals surface area contributed by atoms with Crippen molar-refractivity contribution in [2.24, 2.45) is 0 Å². The zero-order valence-corrected chi connectivity index (χ0v) is 16.1. The summed E-state index contributed by atoms with van der Waals surface area (Å²) in [5.74, 6) is -0.774. The first-order valence-electron chi connectivity index (χ1n) is 7.96. The molecule has 0 saturated carbocycles. The van der Waals surface area contributed by atoms with Gasteiger partial charge in [-0.1, -0.05) is 11.6 Å². The van der Waals surface area contributed by atoms with Crippen molar-refractivity contribution < 1.29 is 13.5 Å². The molecular weight excluding hydrogens is 414 g/mol. The van der Waals surface area contributed by atoms with E-state index in [0.29, 0.717) is 21.8 Å². The van der Waals surface area contributed by atoms with Crippen LogP contribution < -0.4 is 14.8 Å². The molecule has 1 fully saturated rings. The SMILES string of the molecule is Fc1cc(SNc2ncns2)c(F)cc1Oc1cc(Cl)cc(C2CNC2)c1. The van der Waals surface area contributed by atoms with Gasteiger partial charge in [-0.2, -0.15) is 4.37 Å². The molecule has 2 aromatic carbocycles. The first kappa shape index (κ1) is 18.4. The minimum Gasteiger partial charge on any atom is -0.454 e. The lowest BCUT2D eigenvalue weighted by Gasteiger charge is -2.28. The van der Waals surface area contributed by atoms with Crippen LogP contribution in [0.5, 0.6) is 11.5 Å². The van der Waals surface area contributed by atoms with Crippen LogP contribution in [0.15, 0.2) is 41.6 Å². The Morgan fingerprint density at radius 3 is 2.74 bits per heavy atom. The third-order valence-electron chi connectivity index (χ3n) is 3.97. The molecule has 140 valence electrons. The molecule has 0 atom stereocenters. The Morgan fingerprint density at radius 2 is 2.04 bits per heavy atom. The molecule has 5 nitrogen and oxygen atoms in total. The van der Waals surface area contributed by atoms with Crippen molar-refractivity contribution >= 4 is 40.2 Å². The fourth-order valence-electron chi connectivity index (χ4n) is 2.51. The van der Waals surface area contributed by atoms with E-state index in [2.05, 4.69) is 19.4 Å². The van der Waals surface area contributed by atoms with Crippen molar-refractivity contribution in [2.75, 3.05) is 17.8 Å². The Hall–Kier alpha value is -1.94. The maximum Gasteiger partial charge on any atom is 0.212 e. The minimum absolute atomic E-state index is 0.0855. The van der Waals surface area contributed by atoms with Crippen LogP contribution in [-0.4, -0.2) is 22.4 Å². The molecule has 0 amide bonds. The van der Waals surface area contributed by atoms with Crippen LogP contribution in [0.1, 0.15) is 11.5 Å². The van der Waals surface area contributed by atoms with E-state index in [0.717, 1.165) is 54.3 Å². The van der Waals surface area contributed by atoms with Crippen LogP contribution in [0.2, 0.25) is 5.02 Å². The number of rotatable bonds is 6. The Kier molecular flexibility index (Phi) is 5.44. The van der Waals surface area contributed by atoms with Gasteiger partial charge in [0.2, 0.25) is 5.13 Å². The predicted molar refractivity (Wildman–Crippen MR) is 103 cm³/mol. The molecule has 1 aliphatic rings. The van der Waals surface area contributed by atoms with Crippen molar-refractivity contribution in [2.45, 2.75) is 10.8 Å². The lowest BCUT2D eigenvalue weighted by Crippen LogP contribution is -2.39. The van der Waals surface area contributed by atoms with Gasteiger partial charge >= 0.3 is 0 Å². The molecule has 1 aliphatic heterocycles. The van der Waals surface area contributed by atoms with Crippen molar-refractivity contribution in [3.63, 3.8) is 0 Å². The molecule has 4 rings (SSSR count). The maximum atomic E-state index is 14.4. The van der Waals surface area contributed by atoms with Gasteiger partial charge in [0.25, 0.3) is 0 Å². The zero-order chi connectivity index (χ0) is 18.8. The number of nitrogens with zero attached hydrogens (tertiary/aromatic N) is 2. The summed E-state index contributed by atoms with van der Waals surface area (Å²) in [5, 5.41) is 4.17. The molecule has 0 aliphatic carbocycles. The molecule has 1 aromatic heterocycles. The summed E-state index contributed by atoms with van der Waals surface area (Å²) in [6.07, 6.45) is 1.38. The summed E-state index contributed by atoms with van der Waals surface area (Å²) in [6, 6.07) is 7.33. The van der Waals surface area contributed by atoms with Gasteiger partial charge in [-0.05, 0) is 41.8 Å². The number of hydrogen-bond donors (Lipinski definition) is 2. The summed E-state index contributed by atoms with van der Waals surface area (Å²) in [4.78, 5) is 4.00. The van der Waals surface area contributed by atoms with Gasteiger partial charge in [-0.3, -0.25) is 0 Å². The van der Waals surface area contributed by atoms with Crippen molar-refractivity contribution in [3.05, 3.63) is 58.9 Å². The molecular formula is C17H13ClF2N4OS2.